The Labute approximate surface area is 92.6 Å². The molecule has 3 rings (SSSR count). The third kappa shape index (κ3) is 2.16. The Hall–Kier alpha value is -1.97. The number of carbonyl (C=O) groups is 3. The molecule has 1 aromatic carbocycles. The topological polar surface area (TPSA) is 63.2 Å². The molecule has 0 bridgehead atoms. The molecule has 4 nitrogen and oxygen atoms in total. The van der Waals surface area contributed by atoms with Gasteiger partial charge in [0.05, 0.1) is 11.1 Å². The van der Waals surface area contributed by atoms with Gasteiger partial charge in [-0.1, -0.05) is 12.1 Å². The highest BCUT2D eigenvalue weighted by Gasteiger charge is 2.25. The highest BCUT2D eigenvalue weighted by molar-refractivity contribution is 6.21. The van der Waals surface area contributed by atoms with Crippen molar-refractivity contribution >= 4 is 18.1 Å². The first-order valence-corrected chi connectivity index (χ1v) is 5.12. The quantitative estimate of drug-likeness (QED) is 0.567. The Balaban J connectivity index is 0.000000162. The molecule has 0 spiro atoms. The summed E-state index contributed by atoms with van der Waals surface area (Å²) in [4.78, 5) is 31.5. The van der Waals surface area contributed by atoms with Crippen LogP contribution in [0, 0.1) is 5.92 Å². The van der Waals surface area contributed by atoms with E-state index < -0.39 is 0 Å². The van der Waals surface area contributed by atoms with E-state index in [9.17, 15) is 14.4 Å². The summed E-state index contributed by atoms with van der Waals surface area (Å²) in [5.74, 6) is -0.147. The minimum Gasteiger partial charge on any atom is -0.303 e. The molecule has 1 fully saturated rings. The van der Waals surface area contributed by atoms with Crippen LogP contribution >= 0.6 is 0 Å². The van der Waals surface area contributed by atoms with Gasteiger partial charge in [0.15, 0.2) is 0 Å². The van der Waals surface area contributed by atoms with Crippen molar-refractivity contribution in [2.24, 2.45) is 5.92 Å². The Bertz CT molecular complexity index is 416. The molecular weight excluding hydrogens is 206 g/mol. The van der Waals surface area contributed by atoms with Crippen LogP contribution in [0.3, 0.4) is 0 Å². The maximum Gasteiger partial charge on any atom is 0.258 e. The third-order valence-electron chi connectivity index (χ3n) is 2.46. The lowest BCUT2D eigenvalue weighted by atomic mass is 10.1. The normalized spacial score (nSPS) is 17.0. The fourth-order valence-electron chi connectivity index (χ4n) is 1.35. The number of hydrogen-bond donors (Lipinski definition) is 1. The zero-order valence-corrected chi connectivity index (χ0v) is 8.60. The standard InChI is InChI=1S/C8H5NO2.C4H6O/c10-7-5-3-1-2-4-6(5)8(11)9-7;5-3-4-1-2-4/h1-4H,(H,9,10,11);3-4H,1-2H2. The third-order valence-corrected chi connectivity index (χ3v) is 2.46. The first kappa shape index (κ1) is 10.5. The van der Waals surface area contributed by atoms with E-state index in [0.717, 1.165) is 19.1 Å². The maximum atomic E-state index is 10.9. The smallest absolute Gasteiger partial charge is 0.258 e. The van der Waals surface area contributed by atoms with Crippen LogP contribution < -0.4 is 5.32 Å². The molecule has 1 saturated carbocycles. The largest absolute Gasteiger partial charge is 0.303 e. The highest BCUT2D eigenvalue weighted by Crippen LogP contribution is 2.25. The number of nitrogens with one attached hydrogen (secondary N) is 1. The van der Waals surface area contributed by atoms with Gasteiger partial charge in [0, 0.05) is 5.92 Å². The second-order valence-electron chi connectivity index (χ2n) is 3.80. The van der Waals surface area contributed by atoms with Gasteiger partial charge in [-0.2, -0.15) is 0 Å². The average Bonchev–Trinajstić information content (AvgIpc) is 3.09. The highest BCUT2D eigenvalue weighted by atomic mass is 16.2. The number of fused-ring (bicyclic) bond motifs is 1. The van der Waals surface area contributed by atoms with Crippen molar-refractivity contribution in [2.45, 2.75) is 12.8 Å². The lowest BCUT2D eigenvalue weighted by molar-refractivity contribution is -0.108. The summed E-state index contributed by atoms with van der Waals surface area (Å²) in [7, 11) is 0. The number of hydrogen-bond acceptors (Lipinski definition) is 3. The van der Waals surface area contributed by atoms with Crippen molar-refractivity contribution in [2.75, 3.05) is 0 Å². The second kappa shape index (κ2) is 4.26. The van der Waals surface area contributed by atoms with E-state index in [1.807, 2.05) is 0 Å². The lowest BCUT2D eigenvalue weighted by Gasteiger charge is -1.88. The van der Waals surface area contributed by atoms with Crippen LogP contribution in [0.15, 0.2) is 24.3 Å². The van der Waals surface area contributed by atoms with Gasteiger partial charge in [0.2, 0.25) is 0 Å². The van der Waals surface area contributed by atoms with Crippen LogP contribution in [0.2, 0.25) is 0 Å². The predicted molar refractivity (Wildman–Crippen MR) is 57.0 cm³/mol. The zero-order chi connectivity index (χ0) is 11.5. The zero-order valence-electron chi connectivity index (χ0n) is 8.60. The summed E-state index contributed by atoms with van der Waals surface area (Å²) in [6, 6.07) is 6.74. The molecule has 4 heteroatoms. The van der Waals surface area contributed by atoms with Crippen molar-refractivity contribution < 1.29 is 14.4 Å². The number of carbonyl (C=O) groups excluding carboxylic acids is 3. The van der Waals surface area contributed by atoms with E-state index in [1.165, 1.54) is 0 Å². The molecule has 82 valence electrons. The summed E-state index contributed by atoms with van der Waals surface area (Å²) in [5.41, 5.74) is 0.940. The summed E-state index contributed by atoms with van der Waals surface area (Å²) in [6.45, 7) is 0. The van der Waals surface area contributed by atoms with Gasteiger partial charge in [0.25, 0.3) is 11.8 Å². The van der Waals surface area contributed by atoms with Gasteiger partial charge in [-0.25, -0.2) is 0 Å². The molecular formula is C12H11NO3. The van der Waals surface area contributed by atoms with E-state index in [0.29, 0.717) is 17.0 Å². The maximum absolute atomic E-state index is 10.9. The van der Waals surface area contributed by atoms with Gasteiger partial charge in [-0.15, -0.1) is 0 Å². The van der Waals surface area contributed by atoms with E-state index >= 15 is 0 Å². The van der Waals surface area contributed by atoms with Gasteiger partial charge >= 0.3 is 0 Å². The minimum atomic E-state index is -0.300. The van der Waals surface area contributed by atoms with Crippen LogP contribution in [0.1, 0.15) is 33.6 Å². The van der Waals surface area contributed by atoms with Crippen molar-refractivity contribution in [1.82, 2.24) is 5.32 Å². The van der Waals surface area contributed by atoms with Crippen LogP contribution in [0.4, 0.5) is 0 Å². The van der Waals surface area contributed by atoms with Crippen molar-refractivity contribution in [1.29, 1.82) is 0 Å². The summed E-state index contributed by atoms with van der Waals surface area (Å²) < 4.78 is 0. The number of benzene rings is 1. The first-order valence-electron chi connectivity index (χ1n) is 5.12. The molecule has 0 saturated heterocycles. The molecule has 16 heavy (non-hydrogen) atoms. The fourth-order valence-corrected chi connectivity index (χ4v) is 1.35. The SMILES string of the molecule is O=C1NC(=O)c2ccccc21.O=CC1CC1. The summed E-state index contributed by atoms with van der Waals surface area (Å²) in [6.07, 6.45) is 3.31. The molecule has 1 heterocycles. The number of imide groups is 1. The number of amides is 2. The predicted octanol–water partition coefficient (Wildman–Crippen LogP) is 1.17. The van der Waals surface area contributed by atoms with E-state index in [-0.39, 0.29) is 11.8 Å². The molecule has 1 aliphatic carbocycles. The summed E-state index contributed by atoms with van der Waals surface area (Å²) in [5, 5.41) is 2.20. The average molecular weight is 217 g/mol. The second-order valence-corrected chi connectivity index (χ2v) is 3.80. The van der Waals surface area contributed by atoms with Gasteiger partial charge in [-0.3, -0.25) is 14.9 Å². The molecule has 0 radical (unpaired) electrons. The molecule has 0 unspecified atom stereocenters. The van der Waals surface area contributed by atoms with Crippen LogP contribution in [0.5, 0.6) is 0 Å². The molecule has 1 aromatic rings. The van der Waals surface area contributed by atoms with Crippen LogP contribution in [-0.2, 0) is 4.79 Å². The lowest BCUT2D eigenvalue weighted by Crippen LogP contribution is -2.19. The minimum absolute atomic E-state index is 0.300. The van der Waals surface area contributed by atoms with Crippen molar-refractivity contribution in [3.8, 4) is 0 Å². The van der Waals surface area contributed by atoms with E-state index in [2.05, 4.69) is 5.32 Å². The van der Waals surface area contributed by atoms with Crippen LogP contribution in [0.25, 0.3) is 0 Å². The van der Waals surface area contributed by atoms with Crippen molar-refractivity contribution in [3.63, 3.8) is 0 Å². The molecule has 2 amide bonds. The Morgan fingerprint density at radius 2 is 1.56 bits per heavy atom. The monoisotopic (exact) mass is 217 g/mol. The van der Waals surface area contributed by atoms with Gasteiger partial charge in [0.1, 0.15) is 6.29 Å². The molecule has 0 aromatic heterocycles. The number of rotatable bonds is 1. The first-order chi connectivity index (χ1) is 7.72. The molecule has 0 atom stereocenters. The molecule has 1 N–H and O–H groups in total. The van der Waals surface area contributed by atoms with Crippen molar-refractivity contribution in [3.05, 3.63) is 35.4 Å². The number of aldehydes is 1. The van der Waals surface area contributed by atoms with Gasteiger partial charge in [-0.05, 0) is 25.0 Å². The van der Waals surface area contributed by atoms with E-state index in [4.69, 9.17) is 0 Å². The Morgan fingerprint density at radius 1 is 1.06 bits per heavy atom. The summed E-state index contributed by atoms with van der Waals surface area (Å²) >= 11 is 0. The molecule has 1 aliphatic heterocycles. The Kier molecular flexibility index (Phi) is 2.81. The fraction of sp³-hybridized carbons (Fsp3) is 0.250. The van der Waals surface area contributed by atoms with Gasteiger partial charge < -0.3 is 4.79 Å². The van der Waals surface area contributed by atoms with E-state index in [1.54, 1.807) is 24.3 Å². The Morgan fingerprint density at radius 3 is 1.88 bits per heavy atom. The van der Waals surface area contributed by atoms with Crippen LogP contribution in [-0.4, -0.2) is 18.1 Å². The molecule has 2 aliphatic rings.